The number of sulfonamides is 1. The summed E-state index contributed by atoms with van der Waals surface area (Å²) in [4.78, 5) is 11.9. The molecular formula is C20H25ClN2O5S. The molecule has 2 N–H and O–H groups in total. The molecule has 158 valence electrons. The Labute approximate surface area is 176 Å². The molecule has 2 aromatic rings. The molecular weight excluding hydrogens is 416 g/mol. The molecule has 0 aliphatic rings. The van der Waals surface area contributed by atoms with Crippen LogP contribution in [0.25, 0.3) is 0 Å². The molecule has 0 saturated carbocycles. The van der Waals surface area contributed by atoms with Crippen molar-refractivity contribution in [3.05, 3.63) is 47.5 Å². The summed E-state index contributed by atoms with van der Waals surface area (Å²) in [5.41, 5.74) is 0.314. The maximum atomic E-state index is 12.5. The number of hydrogen-bond acceptors (Lipinski definition) is 5. The summed E-state index contributed by atoms with van der Waals surface area (Å²) in [5.74, 6) is 0.625. The van der Waals surface area contributed by atoms with E-state index in [1.54, 1.807) is 12.1 Å². The van der Waals surface area contributed by atoms with Gasteiger partial charge in [-0.05, 0) is 55.8 Å². The minimum Gasteiger partial charge on any atom is -0.495 e. The third-order valence-electron chi connectivity index (χ3n) is 4.04. The van der Waals surface area contributed by atoms with Gasteiger partial charge in [0.1, 0.15) is 11.5 Å². The van der Waals surface area contributed by atoms with Crippen molar-refractivity contribution in [3.63, 3.8) is 0 Å². The van der Waals surface area contributed by atoms with Gasteiger partial charge in [-0.1, -0.05) is 24.9 Å². The van der Waals surface area contributed by atoms with Crippen molar-refractivity contribution >= 4 is 33.2 Å². The van der Waals surface area contributed by atoms with Gasteiger partial charge >= 0.3 is 0 Å². The van der Waals surface area contributed by atoms with Crippen molar-refractivity contribution in [2.45, 2.75) is 37.6 Å². The lowest BCUT2D eigenvalue weighted by Crippen LogP contribution is -2.35. The number of carbonyl (C=O) groups excluding carboxylic acids is 1. The Kier molecular flexibility index (Phi) is 8.16. The SMILES string of the molecule is CCC[C@H](C)NC(=O)COc1ccc(S(=O)(=O)Nc2ccc(OC)c(Cl)c2)cc1. The Bertz CT molecular complexity index is 932. The van der Waals surface area contributed by atoms with E-state index in [1.165, 1.54) is 37.4 Å². The molecule has 1 amide bonds. The standard InChI is InChI=1S/C20H25ClN2O5S/c1-4-5-14(2)22-20(24)13-28-16-7-9-17(10-8-16)29(25,26)23-15-6-11-19(27-3)18(21)12-15/h6-12,14,23H,4-5,13H2,1-3H3,(H,22,24)/t14-/m0/s1. The van der Waals surface area contributed by atoms with Gasteiger partial charge in [-0.25, -0.2) is 8.42 Å². The number of amides is 1. The van der Waals surface area contributed by atoms with Crippen LogP contribution >= 0.6 is 11.6 Å². The fraction of sp³-hybridized carbons (Fsp3) is 0.350. The molecule has 9 heteroatoms. The van der Waals surface area contributed by atoms with Gasteiger partial charge in [0.05, 0.1) is 22.7 Å². The fourth-order valence-electron chi connectivity index (χ4n) is 2.63. The molecule has 0 heterocycles. The second kappa shape index (κ2) is 10.4. The Hall–Kier alpha value is -2.45. The van der Waals surface area contributed by atoms with E-state index in [2.05, 4.69) is 10.0 Å². The van der Waals surface area contributed by atoms with Gasteiger partial charge in [-0.3, -0.25) is 9.52 Å². The molecule has 2 aromatic carbocycles. The van der Waals surface area contributed by atoms with Gasteiger partial charge in [-0.15, -0.1) is 0 Å². The number of carbonyl (C=O) groups is 1. The van der Waals surface area contributed by atoms with E-state index in [9.17, 15) is 13.2 Å². The third kappa shape index (κ3) is 6.83. The minimum absolute atomic E-state index is 0.0535. The normalized spacial score (nSPS) is 12.1. The lowest BCUT2D eigenvalue weighted by Gasteiger charge is -2.13. The highest BCUT2D eigenvalue weighted by Gasteiger charge is 2.15. The van der Waals surface area contributed by atoms with Gasteiger partial charge in [0.15, 0.2) is 6.61 Å². The number of halogens is 1. The molecule has 0 unspecified atom stereocenters. The molecule has 1 atom stereocenters. The molecule has 2 rings (SSSR count). The van der Waals surface area contributed by atoms with Crippen molar-refractivity contribution < 1.29 is 22.7 Å². The maximum absolute atomic E-state index is 12.5. The Balaban J connectivity index is 1.97. The summed E-state index contributed by atoms with van der Waals surface area (Å²) in [6, 6.07) is 10.5. The number of benzene rings is 2. The molecule has 7 nitrogen and oxygen atoms in total. The summed E-state index contributed by atoms with van der Waals surface area (Å²) in [5, 5.41) is 3.13. The van der Waals surface area contributed by atoms with Crippen molar-refractivity contribution in [1.82, 2.24) is 5.32 Å². The molecule has 0 saturated heterocycles. The molecule has 0 spiro atoms. The number of nitrogens with one attached hydrogen (secondary N) is 2. The monoisotopic (exact) mass is 440 g/mol. The first kappa shape index (κ1) is 22.8. The first-order valence-electron chi connectivity index (χ1n) is 9.13. The predicted molar refractivity (Wildman–Crippen MR) is 113 cm³/mol. The van der Waals surface area contributed by atoms with Crippen molar-refractivity contribution in [1.29, 1.82) is 0 Å². The topological polar surface area (TPSA) is 93.7 Å². The number of anilines is 1. The van der Waals surface area contributed by atoms with Crippen LogP contribution in [0.4, 0.5) is 5.69 Å². The number of rotatable bonds is 10. The summed E-state index contributed by atoms with van der Waals surface area (Å²) in [6.45, 7) is 3.85. The van der Waals surface area contributed by atoms with E-state index in [1.807, 2.05) is 13.8 Å². The van der Waals surface area contributed by atoms with Gasteiger partial charge in [0.25, 0.3) is 15.9 Å². The van der Waals surface area contributed by atoms with Crippen LogP contribution in [0.5, 0.6) is 11.5 Å². The highest BCUT2D eigenvalue weighted by Crippen LogP contribution is 2.28. The second-order valence-corrected chi connectivity index (χ2v) is 8.56. The fourth-order valence-corrected chi connectivity index (χ4v) is 3.94. The Morgan fingerprint density at radius 3 is 2.45 bits per heavy atom. The van der Waals surface area contributed by atoms with E-state index < -0.39 is 10.0 Å². The molecule has 0 aliphatic carbocycles. The van der Waals surface area contributed by atoms with Crippen molar-refractivity contribution in [2.24, 2.45) is 0 Å². The van der Waals surface area contributed by atoms with Crippen LogP contribution in [-0.2, 0) is 14.8 Å². The van der Waals surface area contributed by atoms with E-state index in [-0.39, 0.29) is 23.5 Å². The van der Waals surface area contributed by atoms with E-state index in [0.29, 0.717) is 22.2 Å². The van der Waals surface area contributed by atoms with Gasteiger partial charge < -0.3 is 14.8 Å². The highest BCUT2D eigenvalue weighted by molar-refractivity contribution is 7.92. The van der Waals surface area contributed by atoms with Crippen LogP contribution < -0.4 is 19.5 Å². The first-order valence-corrected chi connectivity index (χ1v) is 11.0. The molecule has 0 fully saturated rings. The van der Waals surface area contributed by atoms with Crippen LogP contribution in [0.15, 0.2) is 47.4 Å². The minimum atomic E-state index is -3.80. The maximum Gasteiger partial charge on any atom is 0.261 e. The van der Waals surface area contributed by atoms with E-state index in [4.69, 9.17) is 21.1 Å². The lowest BCUT2D eigenvalue weighted by atomic mass is 10.2. The summed E-state index contributed by atoms with van der Waals surface area (Å²) in [6.07, 6.45) is 1.87. The Morgan fingerprint density at radius 2 is 1.86 bits per heavy atom. The van der Waals surface area contributed by atoms with E-state index >= 15 is 0 Å². The average Bonchev–Trinajstić information content (AvgIpc) is 2.67. The summed E-state index contributed by atoms with van der Waals surface area (Å²) < 4.78 is 38.0. The van der Waals surface area contributed by atoms with Gasteiger partial charge in [-0.2, -0.15) is 0 Å². The zero-order chi connectivity index (χ0) is 21.4. The molecule has 0 radical (unpaired) electrons. The molecule has 0 bridgehead atoms. The zero-order valence-electron chi connectivity index (χ0n) is 16.6. The van der Waals surface area contributed by atoms with Crippen LogP contribution in [-0.4, -0.2) is 34.1 Å². The van der Waals surface area contributed by atoms with Crippen molar-refractivity contribution in [3.8, 4) is 11.5 Å². The quantitative estimate of drug-likeness (QED) is 0.585. The molecule has 0 aliphatic heterocycles. The van der Waals surface area contributed by atoms with Crippen LogP contribution in [0, 0.1) is 0 Å². The van der Waals surface area contributed by atoms with Crippen LogP contribution in [0.3, 0.4) is 0 Å². The Morgan fingerprint density at radius 1 is 1.17 bits per heavy atom. The van der Waals surface area contributed by atoms with Crippen LogP contribution in [0.2, 0.25) is 5.02 Å². The number of hydrogen-bond donors (Lipinski definition) is 2. The number of ether oxygens (including phenoxy) is 2. The van der Waals surface area contributed by atoms with Crippen LogP contribution in [0.1, 0.15) is 26.7 Å². The first-order chi connectivity index (χ1) is 13.7. The predicted octanol–water partition coefficient (Wildman–Crippen LogP) is 3.83. The molecule has 0 aromatic heterocycles. The zero-order valence-corrected chi connectivity index (χ0v) is 18.1. The third-order valence-corrected chi connectivity index (χ3v) is 5.73. The highest BCUT2D eigenvalue weighted by atomic mass is 35.5. The van der Waals surface area contributed by atoms with E-state index in [0.717, 1.165) is 12.8 Å². The number of methoxy groups -OCH3 is 1. The van der Waals surface area contributed by atoms with Gasteiger partial charge in [0.2, 0.25) is 0 Å². The average molecular weight is 441 g/mol. The molecule has 29 heavy (non-hydrogen) atoms. The summed E-state index contributed by atoms with van der Waals surface area (Å²) in [7, 11) is -2.33. The second-order valence-electron chi connectivity index (χ2n) is 6.47. The largest absolute Gasteiger partial charge is 0.495 e. The van der Waals surface area contributed by atoms with Crippen molar-refractivity contribution in [2.75, 3.05) is 18.4 Å². The smallest absolute Gasteiger partial charge is 0.261 e. The lowest BCUT2D eigenvalue weighted by molar-refractivity contribution is -0.123. The van der Waals surface area contributed by atoms with Gasteiger partial charge in [0, 0.05) is 6.04 Å². The summed E-state index contributed by atoms with van der Waals surface area (Å²) >= 11 is 6.03.